The van der Waals surface area contributed by atoms with E-state index in [0.717, 1.165) is 11.3 Å². The summed E-state index contributed by atoms with van der Waals surface area (Å²) in [4.78, 5) is 33.6. The third kappa shape index (κ3) is 3.83. The molecule has 0 saturated carbocycles. The van der Waals surface area contributed by atoms with Crippen LogP contribution in [-0.2, 0) is 4.74 Å². The van der Waals surface area contributed by atoms with Crippen LogP contribution < -0.4 is 0 Å². The maximum Gasteiger partial charge on any atom is 0.350 e. The molecule has 1 atom stereocenters. The minimum absolute atomic E-state index is 0.280. The standard InChI is InChI=1S/C19H15FN2O3S/c1-11-17(26-18(22-11)15-5-3-4-10-21-15)19(24)25-12(2)16(23)13-6-8-14(20)9-7-13/h3-10,12H,1-2H3/t12-/m1/s1. The summed E-state index contributed by atoms with van der Waals surface area (Å²) in [5.41, 5.74) is 1.46. The number of nitrogens with zero attached hydrogens (tertiary/aromatic N) is 2. The van der Waals surface area contributed by atoms with Gasteiger partial charge in [-0.05, 0) is 50.2 Å². The molecule has 2 heterocycles. The molecule has 0 aliphatic heterocycles. The van der Waals surface area contributed by atoms with Crippen molar-refractivity contribution in [2.75, 3.05) is 0 Å². The Morgan fingerprint density at radius 1 is 1.15 bits per heavy atom. The van der Waals surface area contributed by atoms with Crippen LogP contribution in [0, 0.1) is 12.7 Å². The number of Topliss-reactive ketones (excluding diaryl/α,β-unsaturated/α-hetero) is 1. The lowest BCUT2D eigenvalue weighted by molar-refractivity contribution is 0.0322. The molecule has 132 valence electrons. The van der Waals surface area contributed by atoms with Crippen molar-refractivity contribution < 1.29 is 18.7 Å². The zero-order valence-electron chi connectivity index (χ0n) is 14.1. The predicted molar refractivity (Wildman–Crippen MR) is 95.7 cm³/mol. The predicted octanol–water partition coefficient (Wildman–Crippen LogP) is 4.08. The molecule has 0 bridgehead atoms. The third-order valence-electron chi connectivity index (χ3n) is 3.65. The van der Waals surface area contributed by atoms with Crippen LogP contribution in [-0.4, -0.2) is 27.8 Å². The molecule has 0 spiro atoms. The molecule has 0 aliphatic carbocycles. The number of carbonyl (C=O) groups excluding carboxylic acids is 2. The Kier molecular flexibility index (Phi) is 5.18. The highest BCUT2D eigenvalue weighted by molar-refractivity contribution is 7.17. The number of esters is 1. The first-order valence-corrected chi connectivity index (χ1v) is 8.67. The zero-order chi connectivity index (χ0) is 18.7. The number of hydrogen-bond donors (Lipinski definition) is 0. The molecule has 7 heteroatoms. The van der Waals surface area contributed by atoms with Crippen molar-refractivity contribution in [2.45, 2.75) is 20.0 Å². The molecule has 1 aromatic carbocycles. The number of aryl methyl sites for hydroxylation is 1. The van der Waals surface area contributed by atoms with E-state index < -0.39 is 23.7 Å². The number of aromatic nitrogens is 2. The van der Waals surface area contributed by atoms with Gasteiger partial charge in [0.1, 0.15) is 15.7 Å². The Hall–Kier alpha value is -2.93. The maximum atomic E-state index is 13.0. The molecule has 26 heavy (non-hydrogen) atoms. The summed E-state index contributed by atoms with van der Waals surface area (Å²) < 4.78 is 18.2. The number of thiazole rings is 1. The summed E-state index contributed by atoms with van der Waals surface area (Å²) in [5.74, 6) is -1.45. The Balaban J connectivity index is 1.74. The fourth-order valence-corrected chi connectivity index (χ4v) is 3.23. The topological polar surface area (TPSA) is 69.2 Å². The van der Waals surface area contributed by atoms with E-state index in [4.69, 9.17) is 4.74 Å². The number of pyridine rings is 1. The molecule has 5 nitrogen and oxygen atoms in total. The van der Waals surface area contributed by atoms with Crippen LogP contribution in [0.15, 0.2) is 48.7 Å². The van der Waals surface area contributed by atoms with Gasteiger partial charge in [0.25, 0.3) is 0 Å². The van der Waals surface area contributed by atoms with Crippen LogP contribution in [0.5, 0.6) is 0 Å². The first kappa shape index (κ1) is 17.9. The van der Waals surface area contributed by atoms with Crippen molar-refractivity contribution in [1.82, 2.24) is 9.97 Å². The van der Waals surface area contributed by atoms with Crippen molar-refractivity contribution in [3.05, 3.63) is 70.6 Å². The van der Waals surface area contributed by atoms with E-state index >= 15 is 0 Å². The lowest BCUT2D eigenvalue weighted by Crippen LogP contribution is -2.24. The van der Waals surface area contributed by atoms with Gasteiger partial charge in [-0.2, -0.15) is 0 Å². The van der Waals surface area contributed by atoms with Crippen molar-refractivity contribution in [2.24, 2.45) is 0 Å². The smallest absolute Gasteiger partial charge is 0.350 e. The van der Waals surface area contributed by atoms with Gasteiger partial charge < -0.3 is 4.74 Å². The molecule has 3 rings (SSSR count). The van der Waals surface area contributed by atoms with Gasteiger partial charge in [0.15, 0.2) is 6.10 Å². The Morgan fingerprint density at radius 2 is 1.88 bits per heavy atom. The molecule has 0 unspecified atom stereocenters. The van der Waals surface area contributed by atoms with Gasteiger partial charge in [0, 0.05) is 11.8 Å². The number of benzene rings is 1. The number of carbonyl (C=O) groups is 2. The molecule has 0 amide bonds. The van der Waals surface area contributed by atoms with E-state index in [9.17, 15) is 14.0 Å². The second kappa shape index (κ2) is 7.53. The van der Waals surface area contributed by atoms with Gasteiger partial charge >= 0.3 is 5.97 Å². The Morgan fingerprint density at radius 3 is 2.54 bits per heavy atom. The van der Waals surface area contributed by atoms with E-state index in [1.165, 1.54) is 31.2 Å². The van der Waals surface area contributed by atoms with Gasteiger partial charge in [-0.25, -0.2) is 14.2 Å². The van der Waals surface area contributed by atoms with Gasteiger partial charge in [-0.1, -0.05) is 6.07 Å². The second-order valence-electron chi connectivity index (χ2n) is 5.57. The molecular weight excluding hydrogens is 355 g/mol. The van der Waals surface area contributed by atoms with Gasteiger partial charge in [-0.3, -0.25) is 9.78 Å². The number of halogens is 1. The van der Waals surface area contributed by atoms with Crippen molar-refractivity contribution in [1.29, 1.82) is 0 Å². The minimum Gasteiger partial charge on any atom is -0.450 e. The largest absolute Gasteiger partial charge is 0.450 e. The van der Waals surface area contributed by atoms with Gasteiger partial charge in [-0.15, -0.1) is 11.3 Å². The minimum atomic E-state index is -0.993. The normalized spacial score (nSPS) is 11.8. The fourth-order valence-electron chi connectivity index (χ4n) is 2.30. The second-order valence-corrected chi connectivity index (χ2v) is 6.57. The number of ketones is 1. The summed E-state index contributed by atoms with van der Waals surface area (Å²) >= 11 is 1.16. The first-order valence-electron chi connectivity index (χ1n) is 7.85. The lowest BCUT2D eigenvalue weighted by Gasteiger charge is -2.11. The van der Waals surface area contributed by atoms with Gasteiger partial charge in [0.2, 0.25) is 5.78 Å². The van der Waals surface area contributed by atoms with Crippen LogP contribution in [0.4, 0.5) is 4.39 Å². The van der Waals surface area contributed by atoms with E-state index in [0.29, 0.717) is 21.3 Å². The SMILES string of the molecule is Cc1nc(-c2ccccn2)sc1C(=O)O[C@H](C)C(=O)c1ccc(F)cc1. The molecule has 0 fully saturated rings. The lowest BCUT2D eigenvalue weighted by atomic mass is 10.1. The first-order chi connectivity index (χ1) is 12.5. The summed E-state index contributed by atoms with van der Waals surface area (Å²) in [7, 11) is 0. The number of ether oxygens (including phenoxy) is 1. The maximum absolute atomic E-state index is 13.0. The van der Waals surface area contributed by atoms with Crippen LogP contribution >= 0.6 is 11.3 Å². The highest BCUT2D eigenvalue weighted by Gasteiger charge is 2.24. The molecule has 0 saturated heterocycles. The van der Waals surface area contributed by atoms with E-state index in [1.807, 2.05) is 6.07 Å². The van der Waals surface area contributed by atoms with Crippen molar-refractivity contribution in [3.8, 4) is 10.7 Å². The molecule has 0 radical (unpaired) electrons. The third-order valence-corrected chi connectivity index (χ3v) is 4.81. The van der Waals surface area contributed by atoms with Gasteiger partial charge in [0.05, 0.1) is 11.4 Å². The quantitative estimate of drug-likeness (QED) is 0.500. The molecule has 3 aromatic rings. The summed E-state index contributed by atoms with van der Waals surface area (Å²) in [6, 6.07) is 10.5. The average molecular weight is 370 g/mol. The van der Waals surface area contributed by atoms with Crippen molar-refractivity contribution >= 4 is 23.1 Å². The summed E-state index contributed by atoms with van der Waals surface area (Å²) in [6.45, 7) is 3.19. The van der Waals surface area contributed by atoms with Crippen LogP contribution in [0.25, 0.3) is 10.7 Å². The van der Waals surface area contributed by atoms with Crippen LogP contribution in [0.3, 0.4) is 0 Å². The highest BCUT2D eigenvalue weighted by atomic mass is 32.1. The fraction of sp³-hybridized carbons (Fsp3) is 0.158. The number of hydrogen-bond acceptors (Lipinski definition) is 6. The van der Waals surface area contributed by atoms with E-state index in [-0.39, 0.29) is 5.56 Å². The molecule has 0 N–H and O–H groups in total. The van der Waals surface area contributed by atoms with Crippen LogP contribution in [0.1, 0.15) is 32.6 Å². The van der Waals surface area contributed by atoms with E-state index in [1.54, 1.807) is 25.3 Å². The van der Waals surface area contributed by atoms with Crippen molar-refractivity contribution in [3.63, 3.8) is 0 Å². The average Bonchev–Trinajstić information content (AvgIpc) is 3.04. The zero-order valence-corrected chi connectivity index (χ0v) is 14.9. The monoisotopic (exact) mass is 370 g/mol. The van der Waals surface area contributed by atoms with Crippen LogP contribution in [0.2, 0.25) is 0 Å². The molecule has 0 aliphatic rings. The summed E-state index contributed by atoms with van der Waals surface area (Å²) in [6.07, 6.45) is 0.654. The highest BCUT2D eigenvalue weighted by Crippen LogP contribution is 2.27. The molecule has 2 aromatic heterocycles. The number of rotatable bonds is 5. The van der Waals surface area contributed by atoms with E-state index in [2.05, 4.69) is 9.97 Å². The Bertz CT molecular complexity index is 939. The summed E-state index contributed by atoms with van der Waals surface area (Å²) in [5, 5.41) is 0.604. The Labute approximate surface area is 153 Å². The molecular formula is C19H15FN2O3S.